The first-order valence-electron chi connectivity index (χ1n) is 6.24. The van der Waals surface area contributed by atoms with Gasteiger partial charge in [-0.3, -0.25) is 10.1 Å². The molecule has 0 radical (unpaired) electrons. The topological polar surface area (TPSA) is 55.2 Å². The summed E-state index contributed by atoms with van der Waals surface area (Å²) in [6.07, 6.45) is 0. The maximum atomic E-state index is 10.9. The monoisotopic (exact) mass is 290 g/mol. The van der Waals surface area contributed by atoms with E-state index in [-0.39, 0.29) is 11.7 Å². The molecule has 2 aromatic carbocycles. The molecule has 2 aromatic rings. The average molecular weight is 291 g/mol. The van der Waals surface area contributed by atoms with Crippen LogP contribution in [0.5, 0.6) is 0 Å². The number of benzene rings is 2. The highest BCUT2D eigenvalue weighted by Crippen LogP contribution is 2.28. The van der Waals surface area contributed by atoms with Crippen molar-refractivity contribution in [2.24, 2.45) is 0 Å². The average Bonchev–Trinajstić information content (AvgIpc) is 2.38. The van der Waals surface area contributed by atoms with Gasteiger partial charge >= 0.3 is 0 Å². The van der Waals surface area contributed by atoms with Gasteiger partial charge in [-0.15, -0.1) is 0 Å². The summed E-state index contributed by atoms with van der Waals surface area (Å²) in [5, 5.41) is 14.8. The Morgan fingerprint density at radius 3 is 2.60 bits per heavy atom. The second kappa shape index (κ2) is 5.92. The number of rotatable bonds is 4. The van der Waals surface area contributed by atoms with Crippen LogP contribution >= 0.6 is 11.6 Å². The molecule has 2 rings (SSSR count). The fourth-order valence-corrected chi connectivity index (χ4v) is 2.41. The van der Waals surface area contributed by atoms with E-state index < -0.39 is 4.92 Å². The number of nitro benzene ring substituents is 1. The zero-order valence-corrected chi connectivity index (χ0v) is 12.0. The van der Waals surface area contributed by atoms with Gasteiger partial charge in [0.25, 0.3) is 5.69 Å². The van der Waals surface area contributed by atoms with Crippen molar-refractivity contribution < 1.29 is 4.92 Å². The van der Waals surface area contributed by atoms with Crippen molar-refractivity contribution in [2.45, 2.75) is 19.9 Å². The number of hydrogen-bond donors (Lipinski definition) is 1. The highest BCUT2D eigenvalue weighted by molar-refractivity contribution is 6.31. The largest absolute Gasteiger partial charge is 0.378 e. The Hall–Kier alpha value is -2.07. The third kappa shape index (κ3) is 3.27. The molecular weight excluding hydrogens is 276 g/mol. The van der Waals surface area contributed by atoms with Gasteiger partial charge in [0.1, 0.15) is 0 Å². The fraction of sp³-hybridized carbons (Fsp3) is 0.200. The van der Waals surface area contributed by atoms with Crippen LogP contribution in [0.1, 0.15) is 24.1 Å². The molecule has 0 aliphatic heterocycles. The van der Waals surface area contributed by atoms with E-state index in [1.807, 2.05) is 44.2 Å². The van der Waals surface area contributed by atoms with Crippen LogP contribution < -0.4 is 5.32 Å². The molecule has 0 saturated carbocycles. The van der Waals surface area contributed by atoms with E-state index >= 15 is 0 Å². The van der Waals surface area contributed by atoms with E-state index in [2.05, 4.69) is 5.32 Å². The standard InChI is InChI=1S/C15H15ClN2O2/c1-10-7-12(9-13(8-10)18(19)20)17-11(2)14-5-3-4-6-15(14)16/h3-9,11,17H,1-2H3. The van der Waals surface area contributed by atoms with Gasteiger partial charge in [0.15, 0.2) is 0 Å². The SMILES string of the molecule is Cc1cc(NC(C)c2ccccc2Cl)cc([N+](=O)[O-])c1. The first kappa shape index (κ1) is 14.3. The van der Waals surface area contributed by atoms with Crippen molar-refractivity contribution in [3.8, 4) is 0 Å². The summed E-state index contributed by atoms with van der Waals surface area (Å²) >= 11 is 6.15. The molecule has 0 spiro atoms. The Balaban J connectivity index is 2.26. The molecule has 104 valence electrons. The van der Waals surface area contributed by atoms with E-state index in [0.717, 1.165) is 11.1 Å². The van der Waals surface area contributed by atoms with Gasteiger partial charge in [-0.1, -0.05) is 29.8 Å². The zero-order chi connectivity index (χ0) is 14.7. The summed E-state index contributed by atoms with van der Waals surface area (Å²) < 4.78 is 0. The van der Waals surface area contributed by atoms with Gasteiger partial charge in [-0.05, 0) is 37.1 Å². The number of hydrogen-bond acceptors (Lipinski definition) is 3. The number of aryl methyl sites for hydroxylation is 1. The summed E-state index contributed by atoms with van der Waals surface area (Å²) in [5.41, 5.74) is 2.59. The second-order valence-electron chi connectivity index (χ2n) is 4.70. The smallest absolute Gasteiger partial charge is 0.271 e. The lowest BCUT2D eigenvalue weighted by Gasteiger charge is -2.17. The summed E-state index contributed by atoms with van der Waals surface area (Å²) in [5.74, 6) is 0. The predicted octanol–water partition coefficient (Wildman–Crippen LogP) is 4.73. The summed E-state index contributed by atoms with van der Waals surface area (Å²) in [7, 11) is 0. The minimum atomic E-state index is -0.391. The molecule has 1 atom stereocenters. The third-order valence-corrected chi connectivity index (χ3v) is 3.37. The Kier molecular flexibility index (Phi) is 4.25. The summed E-state index contributed by atoms with van der Waals surface area (Å²) in [6.45, 7) is 3.80. The molecule has 0 bridgehead atoms. The molecule has 0 aromatic heterocycles. The van der Waals surface area contributed by atoms with E-state index in [9.17, 15) is 10.1 Å². The number of halogens is 1. The third-order valence-electron chi connectivity index (χ3n) is 3.03. The number of anilines is 1. The van der Waals surface area contributed by atoms with Crippen molar-refractivity contribution >= 4 is 23.0 Å². The molecule has 20 heavy (non-hydrogen) atoms. The number of nitrogens with one attached hydrogen (secondary N) is 1. The highest BCUT2D eigenvalue weighted by Gasteiger charge is 2.12. The number of nitrogens with zero attached hydrogens (tertiary/aromatic N) is 1. The van der Waals surface area contributed by atoms with Crippen LogP contribution in [0.4, 0.5) is 11.4 Å². The van der Waals surface area contributed by atoms with Crippen molar-refractivity contribution in [1.29, 1.82) is 0 Å². The van der Waals surface area contributed by atoms with Crippen molar-refractivity contribution in [2.75, 3.05) is 5.32 Å². The summed E-state index contributed by atoms with van der Waals surface area (Å²) in [4.78, 5) is 10.5. The van der Waals surface area contributed by atoms with Gasteiger partial charge in [-0.25, -0.2) is 0 Å². The Morgan fingerprint density at radius 2 is 1.95 bits per heavy atom. The minimum Gasteiger partial charge on any atom is -0.378 e. The molecule has 4 nitrogen and oxygen atoms in total. The van der Waals surface area contributed by atoms with Crippen LogP contribution in [0, 0.1) is 17.0 Å². The van der Waals surface area contributed by atoms with Crippen LogP contribution in [0.3, 0.4) is 0 Å². The normalized spacial score (nSPS) is 11.9. The van der Waals surface area contributed by atoms with Gasteiger partial charge in [-0.2, -0.15) is 0 Å². The maximum Gasteiger partial charge on any atom is 0.271 e. The van der Waals surface area contributed by atoms with Crippen LogP contribution in [-0.2, 0) is 0 Å². The first-order valence-corrected chi connectivity index (χ1v) is 6.62. The van der Waals surface area contributed by atoms with Crippen molar-refractivity contribution in [1.82, 2.24) is 0 Å². The van der Waals surface area contributed by atoms with Crippen LogP contribution in [-0.4, -0.2) is 4.92 Å². The Morgan fingerprint density at radius 1 is 1.25 bits per heavy atom. The van der Waals surface area contributed by atoms with Gasteiger partial charge in [0.2, 0.25) is 0 Å². The minimum absolute atomic E-state index is 0.0369. The van der Waals surface area contributed by atoms with Crippen molar-refractivity contribution in [3.63, 3.8) is 0 Å². The van der Waals surface area contributed by atoms with E-state index in [1.165, 1.54) is 6.07 Å². The lowest BCUT2D eigenvalue weighted by atomic mass is 10.1. The first-order chi connectivity index (χ1) is 9.47. The number of non-ortho nitro benzene ring substituents is 1. The molecule has 0 saturated heterocycles. The maximum absolute atomic E-state index is 10.9. The van der Waals surface area contributed by atoms with Crippen LogP contribution in [0.25, 0.3) is 0 Å². The highest BCUT2D eigenvalue weighted by atomic mass is 35.5. The molecule has 0 heterocycles. The lowest BCUT2D eigenvalue weighted by Crippen LogP contribution is -2.07. The molecule has 0 aliphatic carbocycles. The molecule has 0 amide bonds. The zero-order valence-electron chi connectivity index (χ0n) is 11.3. The quantitative estimate of drug-likeness (QED) is 0.654. The molecule has 0 aliphatic rings. The molecule has 0 fully saturated rings. The number of nitro groups is 1. The van der Waals surface area contributed by atoms with Gasteiger partial charge in [0.05, 0.1) is 4.92 Å². The Bertz CT molecular complexity index is 644. The fourth-order valence-electron chi connectivity index (χ4n) is 2.11. The van der Waals surface area contributed by atoms with E-state index in [1.54, 1.807) is 6.07 Å². The Labute approximate surface area is 122 Å². The summed E-state index contributed by atoms with van der Waals surface area (Å²) in [6, 6.07) is 12.5. The molecular formula is C15H15ClN2O2. The molecule has 1 unspecified atom stereocenters. The van der Waals surface area contributed by atoms with Gasteiger partial charge < -0.3 is 5.32 Å². The lowest BCUT2D eigenvalue weighted by molar-refractivity contribution is -0.384. The van der Waals surface area contributed by atoms with E-state index in [4.69, 9.17) is 11.6 Å². The van der Waals surface area contributed by atoms with Crippen LogP contribution in [0.2, 0.25) is 5.02 Å². The van der Waals surface area contributed by atoms with E-state index in [0.29, 0.717) is 10.7 Å². The predicted molar refractivity (Wildman–Crippen MR) is 81.3 cm³/mol. The van der Waals surface area contributed by atoms with Gasteiger partial charge in [0, 0.05) is 28.9 Å². The molecule has 1 N–H and O–H groups in total. The van der Waals surface area contributed by atoms with Crippen LogP contribution in [0.15, 0.2) is 42.5 Å². The molecule has 5 heteroatoms. The second-order valence-corrected chi connectivity index (χ2v) is 5.11. The van der Waals surface area contributed by atoms with Crippen molar-refractivity contribution in [3.05, 3.63) is 68.7 Å².